The minimum absolute atomic E-state index is 0.392. The molecule has 0 saturated heterocycles. The first-order chi connectivity index (χ1) is 9.86. The first kappa shape index (κ1) is 16.4. The van der Waals surface area contributed by atoms with Crippen molar-refractivity contribution in [1.82, 2.24) is 0 Å². The molecule has 0 fully saturated rings. The Labute approximate surface area is 122 Å². The summed E-state index contributed by atoms with van der Waals surface area (Å²) in [6.07, 6.45) is 10.6. The van der Waals surface area contributed by atoms with Crippen LogP contribution in [-0.4, -0.2) is 12.9 Å². The average Bonchev–Trinajstić information content (AvgIpc) is 2.49. The number of ether oxygens (including phenoxy) is 1. The molecule has 1 aromatic rings. The third kappa shape index (κ3) is 7.70. The van der Waals surface area contributed by atoms with E-state index in [4.69, 9.17) is 4.74 Å². The molecule has 0 heterocycles. The normalized spacial score (nSPS) is 12.4. The summed E-state index contributed by atoms with van der Waals surface area (Å²) in [5.74, 6) is 0.392. The van der Waals surface area contributed by atoms with Crippen molar-refractivity contribution in [1.29, 1.82) is 0 Å². The lowest BCUT2D eigenvalue weighted by Gasteiger charge is -2.13. The molecular formula is C18H24O2. The second-order valence-corrected chi connectivity index (χ2v) is 4.83. The Hall–Kier alpha value is -1.67. The van der Waals surface area contributed by atoms with Crippen LogP contribution in [0.1, 0.15) is 31.2 Å². The van der Waals surface area contributed by atoms with E-state index < -0.39 is 0 Å². The Morgan fingerprint density at radius 1 is 1.20 bits per heavy atom. The highest BCUT2D eigenvalue weighted by Crippen LogP contribution is 2.13. The van der Waals surface area contributed by atoms with Gasteiger partial charge in [-0.05, 0) is 18.4 Å². The fourth-order valence-corrected chi connectivity index (χ4v) is 2.01. The van der Waals surface area contributed by atoms with Crippen LogP contribution in [0.4, 0.5) is 0 Å². The predicted molar refractivity (Wildman–Crippen MR) is 83.5 cm³/mol. The zero-order valence-corrected chi connectivity index (χ0v) is 12.0. The molecule has 0 aliphatic heterocycles. The Morgan fingerprint density at radius 3 is 2.70 bits per heavy atom. The Morgan fingerprint density at radius 2 is 2.00 bits per heavy atom. The quantitative estimate of drug-likeness (QED) is 0.340. The largest absolute Gasteiger partial charge is 0.376 e. The summed E-state index contributed by atoms with van der Waals surface area (Å²) in [5, 5.41) is 0. The average molecular weight is 272 g/mol. The molecule has 0 aromatic heterocycles. The number of hydrogen-bond donors (Lipinski definition) is 0. The minimum Gasteiger partial charge on any atom is -0.376 e. The monoisotopic (exact) mass is 272 g/mol. The first-order valence-corrected chi connectivity index (χ1v) is 7.21. The molecule has 0 bridgehead atoms. The van der Waals surface area contributed by atoms with Gasteiger partial charge < -0.3 is 9.53 Å². The smallest absolute Gasteiger partial charge is 0.119 e. The van der Waals surface area contributed by atoms with Crippen molar-refractivity contribution in [3.05, 3.63) is 60.7 Å². The maximum absolute atomic E-state index is 10.3. The van der Waals surface area contributed by atoms with Crippen molar-refractivity contribution in [2.24, 2.45) is 5.92 Å². The van der Waals surface area contributed by atoms with E-state index in [1.165, 1.54) is 5.56 Å². The maximum Gasteiger partial charge on any atom is 0.119 e. The van der Waals surface area contributed by atoms with E-state index in [0.29, 0.717) is 25.6 Å². The lowest BCUT2D eigenvalue weighted by Crippen LogP contribution is -2.07. The zero-order chi connectivity index (χ0) is 14.5. The van der Waals surface area contributed by atoms with Crippen LogP contribution in [0.25, 0.3) is 0 Å². The van der Waals surface area contributed by atoms with E-state index >= 15 is 0 Å². The van der Waals surface area contributed by atoms with E-state index in [9.17, 15) is 4.79 Å². The van der Waals surface area contributed by atoms with Crippen LogP contribution in [0.5, 0.6) is 0 Å². The van der Waals surface area contributed by atoms with Gasteiger partial charge in [-0.15, -0.1) is 0 Å². The molecule has 0 spiro atoms. The second kappa shape index (κ2) is 11.2. The highest BCUT2D eigenvalue weighted by Gasteiger charge is 2.05. The molecule has 0 N–H and O–H groups in total. The molecule has 1 atom stereocenters. The molecule has 1 rings (SSSR count). The third-order valence-corrected chi connectivity index (χ3v) is 3.11. The van der Waals surface area contributed by atoms with Crippen molar-refractivity contribution in [3.63, 3.8) is 0 Å². The van der Waals surface area contributed by atoms with Crippen LogP contribution in [-0.2, 0) is 16.1 Å². The molecule has 108 valence electrons. The fraction of sp³-hybridized carbons (Fsp3) is 0.389. The van der Waals surface area contributed by atoms with E-state index in [2.05, 4.69) is 24.8 Å². The Bertz CT molecular complexity index is 395. The van der Waals surface area contributed by atoms with Crippen molar-refractivity contribution < 1.29 is 9.53 Å². The molecular weight excluding hydrogens is 248 g/mol. The summed E-state index contributed by atoms with van der Waals surface area (Å²) < 4.78 is 5.78. The summed E-state index contributed by atoms with van der Waals surface area (Å²) in [4.78, 5) is 10.3. The molecule has 20 heavy (non-hydrogen) atoms. The van der Waals surface area contributed by atoms with Gasteiger partial charge in [-0.25, -0.2) is 0 Å². The van der Waals surface area contributed by atoms with Gasteiger partial charge in [-0.3, -0.25) is 0 Å². The standard InChI is InChI=1S/C18H24O2/c1-2-3-10-17(13-8-5-9-14-19)15-20-16-18-11-6-4-7-12-18/h2-4,6-7,10-12,14,17H,1,5,8-9,13,15-16H2/b10-3+. The number of unbranched alkanes of at least 4 members (excludes halogenated alkanes) is 2. The van der Waals surface area contributed by atoms with Gasteiger partial charge in [-0.1, -0.05) is 61.6 Å². The van der Waals surface area contributed by atoms with Gasteiger partial charge in [0.25, 0.3) is 0 Å². The molecule has 2 nitrogen and oxygen atoms in total. The Balaban J connectivity index is 2.30. The van der Waals surface area contributed by atoms with Crippen molar-refractivity contribution in [2.45, 2.75) is 32.3 Å². The maximum atomic E-state index is 10.3. The van der Waals surface area contributed by atoms with Crippen LogP contribution >= 0.6 is 0 Å². The van der Waals surface area contributed by atoms with Gasteiger partial charge in [0.2, 0.25) is 0 Å². The second-order valence-electron chi connectivity index (χ2n) is 4.83. The van der Waals surface area contributed by atoms with Gasteiger partial charge in [0.1, 0.15) is 6.29 Å². The number of rotatable bonds is 11. The number of allylic oxidation sites excluding steroid dienone is 2. The van der Waals surface area contributed by atoms with Crippen LogP contribution in [0.2, 0.25) is 0 Å². The molecule has 0 amide bonds. The van der Waals surface area contributed by atoms with E-state index in [1.54, 1.807) is 6.08 Å². The summed E-state index contributed by atoms with van der Waals surface area (Å²) in [6, 6.07) is 10.2. The van der Waals surface area contributed by atoms with Crippen LogP contribution < -0.4 is 0 Å². The van der Waals surface area contributed by atoms with Crippen LogP contribution in [0, 0.1) is 5.92 Å². The van der Waals surface area contributed by atoms with Gasteiger partial charge in [0.05, 0.1) is 13.2 Å². The molecule has 1 unspecified atom stereocenters. The number of aldehydes is 1. The van der Waals surface area contributed by atoms with E-state index in [1.807, 2.05) is 24.3 Å². The van der Waals surface area contributed by atoms with Crippen molar-refractivity contribution in [2.75, 3.05) is 6.61 Å². The lowest BCUT2D eigenvalue weighted by molar-refractivity contribution is -0.107. The minimum atomic E-state index is 0.392. The van der Waals surface area contributed by atoms with Gasteiger partial charge in [0, 0.05) is 12.3 Å². The number of benzene rings is 1. The van der Waals surface area contributed by atoms with E-state index in [0.717, 1.165) is 25.5 Å². The highest BCUT2D eigenvalue weighted by atomic mass is 16.5. The number of carbonyl (C=O) groups is 1. The summed E-state index contributed by atoms with van der Waals surface area (Å²) in [5.41, 5.74) is 1.19. The lowest BCUT2D eigenvalue weighted by atomic mass is 10.0. The SMILES string of the molecule is C=C/C=C/C(CCCCC=O)COCc1ccccc1. The predicted octanol–water partition coefficient (Wildman–Crippen LogP) is 4.32. The summed E-state index contributed by atoms with van der Waals surface area (Å²) in [7, 11) is 0. The summed E-state index contributed by atoms with van der Waals surface area (Å²) in [6.45, 7) is 5.05. The molecule has 1 aromatic carbocycles. The van der Waals surface area contributed by atoms with E-state index in [-0.39, 0.29) is 0 Å². The number of hydrogen-bond acceptors (Lipinski definition) is 2. The highest BCUT2D eigenvalue weighted by molar-refractivity contribution is 5.48. The summed E-state index contributed by atoms with van der Waals surface area (Å²) >= 11 is 0. The van der Waals surface area contributed by atoms with Gasteiger partial charge in [0.15, 0.2) is 0 Å². The van der Waals surface area contributed by atoms with Crippen molar-refractivity contribution in [3.8, 4) is 0 Å². The first-order valence-electron chi connectivity index (χ1n) is 7.21. The molecule has 0 radical (unpaired) electrons. The Kier molecular flexibility index (Phi) is 9.16. The van der Waals surface area contributed by atoms with Crippen LogP contribution in [0.15, 0.2) is 55.1 Å². The van der Waals surface area contributed by atoms with Crippen molar-refractivity contribution >= 4 is 6.29 Å². The molecule has 0 aliphatic rings. The fourth-order valence-electron chi connectivity index (χ4n) is 2.01. The third-order valence-electron chi connectivity index (χ3n) is 3.11. The molecule has 2 heteroatoms. The van der Waals surface area contributed by atoms with Gasteiger partial charge >= 0.3 is 0 Å². The number of carbonyl (C=O) groups excluding carboxylic acids is 1. The van der Waals surface area contributed by atoms with Crippen LogP contribution in [0.3, 0.4) is 0 Å². The van der Waals surface area contributed by atoms with Gasteiger partial charge in [-0.2, -0.15) is 0 Å². The molecule has 0 aliphatic carbocycles. The zero-order valence-electron chi connectivity index (χ0n) is 12.0. The molecule has 0 saturated carbocycles. The topological polar surface area (TPSA) is 26.3 Å².